The summed E-state index contributed by atoms with van der Waals surface area (Å²) in [5, 5.41) is 1.40. The number of benzene rings is 2. The molecule has 3 aromatic rings. The van der Waals surface area contributed by atoms with Gasteiger partial charge in [-0.05, 0) is 25.0 Å². The molecule has 0 saturated carbocycles. The van der Waals surface area contributed by atoms with Crippen molar-refractivity contribution >= 4 is 50.0 Å². The van der Waals surface area contributed by atoms with E-state index in [0.717, 1.165) is 34.9 Å². The van der Waals surface area contributed by atoms with Crippen LogP contribution in [-0.4, -0.2) is 35.2 Å². The number of hydrogen-bond acceptors (Lipinski definition) is 15. The molecule has 22 heteroatoms. The Labute approximate surface area is 230 Å². The minimum Gasteiger partial charge on any atom is -0.761 e. The summed E-state index contributed by atoms with van der Waals surface area (Å²) in [5.74, 6) is 0. The number of aromatic nitrogens is 2. The zero-order valence-corrected chi connectivity index (χ0v) is 23.7. The minimum absolute atomic E-state index is 0.123. The zero-order chi connectivity index (χ0) is 30.2. The molecule has 1 aliphatic heterocycles. The summed E-state index contributed by atoms with van der Waals surface area (Å²) in [7, 11) is -22.6. The predicted octanol–water partition coefficient (Wildman–Crippen LogP) is -0.161. The number of phosphoric ester groups is 1. The highest BCUT2D eigenvalue weighted by molar-refractivity contribution is 7.86. The smallest absolute Gasteiger partial charge is 0.330 e. The Balaban J connectivity index is 1.39. The van der Waals surface area contributed by atoms with Crippen LogP contribution in [0.2, 0.25) is 0 Å². The van der Waals surface area contributed by atoms with E-state index in [2.05, 4.69) is 13.1 Å². The van der Waals surface area contributed by atoms with E-state index >= 15 is 0 Å². The summed E-state index contributed by atoms with van der Waals surface area (Å²) in [6.45, 7) is -0.774. The summed E-state index contributed by atoms with van der Waals surface area (Å²) in [6, 6.07) is 7.86. The van der Waals surface area contributed by atoms with Crippen LogP contribution in [-0.2, 0) is 41.7 Å². The molecule has 1 saturated heterocycles. The van der Waals surface area contributed by atoms with Crippen LogP contribution in [0, 0.1) is 0 Å². The molecule has 5 atom stereocenters. The van der Waals surface area contributed by atoms with E-state index in [1.165, 1.54) is 18.3 Å². The summed E-state index contributed by atoms with van der Waals surface area (Å²) >= 11 is 0. The van der Waals surface area contributed by atoms with Crippen molar-refractivity contribution in [1.29, 1.82) is 0 Å². The highest BCUT2D eigenvalue weighted by Gasteiger charge is 2.31. The Morgan fingerprint density at radius 2 is 1.66 bits per heavy atom. The van der Waals surface area contributed by atoms with Crippen LogP contribution in [0.15, 0.2) is 63.1 Å². The zero-order valence-electron chi connectivity index (χ0n) is 20.2. The van der Waals surface area contributed by atoms with Gasteiger partial charge < -0.3 is 33.6 Å². The van der Waals surface area contributed by atoms with Crippen LogP contribution < -0.4 is 31.0 Å². The molecule has 1 aromatic heterocycles. The topological polar surface area (TPSA) is 281 Å². The molecule has 2 heterocycles. The number of phosphoric acid groups is 2. The van der Waals surface area contributed by atoms with Crippen molar-refractivity contribution in [3.05, 3.63) is 69.5 Å². The van der Waals surface area contributed by atoms with Crippen molar-refractivity contribution < 1.29 is 59.2 Å². The second kappa shape index (κ2) is 11.6. The molecule has 1 fully saturated rings. The van der Waals surface area contributed by atoms with Crippen LogP contribution in [0.4, 0.5) is 5.69 Å². The van der Waals surface area contributed by atoms with E-state index in [9.17, 15) is 50.9 Å². The SMILES string of the molecule is O=c1ccn([C@H]2CC[C@@H](COP(=O)([O-])OP(=O)([O-])OP(=O)([O-])Nc3cccc4c(S(=O)(=O)[O-])cccc34)O2)c(=O)[nH]1. The van der Waals surface area contributed by atoms with Gasteiger partial charge in [0.15, 0.2) is 0 Å². The highest BCUT2D eigenvalue weighted by Crippen LogP contribution is 2.62. The van der Waals surface area contributed by atoms with E-state index in [4.69, 9.17) is 4.74 Å². The van der Waals surface area contributed by atoms with Gasteiger partial charge in [0, 0.05) is 28.7 Å². The minimum atomic E-state index is -6.16. The summed E-state index contributed by atoms with van der Waals surface area (Å²) in [6.07, 6.45) is -0.320. The van der Waals surface area contributed by atoms with Crippen molar-refractivity contribution in [3.8, 4) is 0 Å². The average molecular weight is 653 g/mol. The van der Waals surface area contributed by atoms with E-state index in [1.807, 2.05) is 4.98 Å². The van der Waals surface area contributed by atoms with Gasteiger partial charge in [-0.3, -0.25) is 32.4 Å². The Bertz CT molecular complexity index is 1840. The number of ether oxygens (including phenoxy) is 1. The average Bonchev–Trinajstić information content (AvgIpc) is 3.29. The molecule has 41 heavy (non-hydrogen) atoms. The van der Waals surface area contributed by atoms with Crippen LogP contribution >= 0.6 is 23.4 Å². The van der Waals surface area contributed by atoms with E-state index in [1.54, 1.807) is 5.09 Å². The maximum absolute atomic E-state index is 12.4. The fraction of sp³-hybridized carbons (Fsp3) is 0.263. The van der Waals surface area contributed by atoms with Crippen LogP contribution in [0.1, 0.15) is 19.1 Å². The van der Waals surface area contributed by atoms with E-state index in [-0.39, 0.29) is 23.6 Å². The van der Waals surface area contributed by atoms with E-state index in [0.29, 0.717) is 0 Å². The fourth-order valence-electron chi connectivity index (χ4n) is 3.90. The Hall–Kier alpha value is -2.50. The Morgan fingerprint density at radius 3 is 2.34 bits per heavy atom. The van der Waals surface area contributed by atoms with Crippen molar-refractivity contribution in [1.82, 2.24) is 9.55 Å². The summed E-state index contributed by atoms with van der Waals surface area (Å²) in [4.78, 5) is 60.9. The second-order valence-electron chi connectivity index (χ2n) is 8.38. The number of nitrogens with zero attached hydrogens (tertiary/aromatic N) is 1. The van der Waals surface area contributed by atoms with Crippen LogP contribution in [0.3, 0.4) is 0 Å². The van der Waals surface area contributed by atoms with Crippen LogP contribution in [0.5, 0.6) is 0 Å². The maximum Gasteiger partial charge on any atom is 0.330 e. The molecule has 18 nitrogen and oxygen atoms in total. The number of anilines is 1. The summed E-state index contributed by atoms with van der Waals surface area (Å²) < 4.78 is 89.8. The molecule has 0 bridgehead atoms. The van der Waals surface area contributed by atoms with E-state index < -0.39 is 74.3 Å². The first-order valence-electron chi connectivity index (χ1n) is 11.2. The largest absolute Gasteiger partial charge is 0.761 e. The molecule has 4 rings (SSSR count). The van der Waals surface area contributed by atoms with Gasteiger partial charge in [0.25, 0.3) is 21.2 Å². The fourth-order valence-corrected chi connectivity index (χ4v) is 8.20. The highest BCUT2D eigenvalue weighted by atomic mass is 32.2. The third kappa shape index (κ3) is 8.08. The molecule has 224 valence electrons. The lowest BCUT2D eigenvalue weighted by Gasteiger charge is -2.35. The number of nitrogens with one attached hydrogen (secondary N) is 2. The standard InChI is InChI=1S/C19H22N3O15P3S/c23-17-9-10-22(19(24)20-17)18-8-7-12(35-18)11-34-39(27,28)37-40(29,30)36-38(25,26)21-15-5-1-4-14-13(15)3-2-6-16(14)41(31,32)33/h1-6,9-10,12,18H,7-8,11H2,(H,27,28)(H,29,30)(H,20,23,24)(H2,21,25,26)(H,31,32,33)/p-4/t12-,18+/m0/s1. The van der Waals surface area contributed by atoms with Gasteiger partial charge in [-0.25, -0.2) is 17.5 Å². The first-order valence-corrected chi connectivity index (χ1v) is 17.1. The second-order valence-corrected chi connectivity index (χ2v) is 14.3. The predicted molar refractivity (Wildman–Crippen MR) is 131 cm³/mol. The first kappa shape index (κ1) is 31.4. The van der Waals surface area contributed by atoms with Crippen LogP contribution in [0.25, 0.3) is 10.8 Å². The lowest BCUT2D eigenvalue weighted by atomic mass is 10.1. The lowest BCUT2D eigenvalue weighted by molar-refractivity contribution is -0.245. The monoisotopic (exact) mass is 653 g/mol. The lowest BCUT2D eigenvalue weighted by Crippen LogP contribution is -2.31. The summed E-state index contributed by atoms with van der Waals surface area (Å²) in [5.41, 5.74) is -1.82. The molecule has 3 unspecified atom stereocenters. The first-order chi connectivity index (χ1) is 18.9. The molecule has 1 aliphatic rings. The molecule has 2 aromatic carbocycles. The number of hydrogen-bond donors (Lipinski definition) is 2. The molecular weight excluding hydrogens is 635 g/mol. The quantitative estimate of drug-likeness (QED) is 0.201. The van der Waals surface area contributed by atoms with Crippen molar-refractivity contribution in [2.75, 3.05) is 11.7 Å². The molecule has 0 amide bonds. The molecular formula is C19H18N3O15P3S-4. The van der Waals surface area contributed by atoms with Gasteiger partial charge in [0.1, 0.15) is 16.3 Å². The van der Waals surface area contributed by atoms with Crippen molar-refractivity contribution in [2.45, 2.75) is 30.1 Å². The number of fused-ring (bicyclic) bond motifs is 1. The Morgan fingerprint density at radius 1 is 0.976 bits per heavy atom. The van der Waals surface area contributed by atoms with Gasteiger partial charge in [0.05, 0.1) is 17.6 Å². The van der Waals surface area contributed by atoms with Gasteiger partial charge in [-0.2, -0.15) is 0 Å². The number of aromatic amines is 1. The van der Waals surface area contributed by atoms with Gasteiger partial charge >= 0.3 is 5.69 Å². The third-order valence-electron chi connectivity index (χ3n) is 5.48. The third-order valence-corrected chi connectivity index (χ3v) is 10.6. The van der Waals surface area contributed by atoms with Gasteiger partial charge in [0.2, 0.25) is 7.75 Å². The van der Waals surface area contributed by atoms with Crippen molar-refractivity contribution in [3.63, 3.8) is 0 Å². The molecule has 2 N–H and O–H groups in total. The van der Waals surface area contributed by atoms with Crippen molar-refractivity contribution in [2.24, 2.45) is 0 Å². The molecule has 0 spiro atoms. The van der Waals surface area contributed by atoms with Gasteiger partial charge in [-0.1, -0.05) is 24.3 Å². The normalized spacial score (nSPS) is 22.0. The maximum atomic E-state index is 12.4. The number of rotatable bonds is 11. The molecule has 0 aliphatic carbocycles. The molecule has 0 radical (unpaired) electrons. The Kier molecular flexibility index (Phi) is 8.93. The number of H-pyrrole nitrogens is 1. The van der Waals surface area contributed by atoms with Gasteiger partial charge in [-0.15, -0.1) is 0 Å².